The molecule has 26 heavy (non-hydrogen) atoms. The zero-order valence-corrected chi connectivity index (χ0v) is 15.7. The number of nitrogens with zero attached hydrogens (tertiary/aromatic N) is 1. The van der Waals surface area contributed by atoms with Crippen LogP contribution >= 0.6 is 23.2 Å². The fourth-order valence-corrected chi connectivity index (χ4v) is 2.79. The number of para-hydroxylation sites is 1. The molecule has 0 aliphatic rings. The first-order valence-corrected chi connectivity index (χ1v) is 8.43. The number of carbonyl (C=O) groups excluding carboxylic acids is 1. The standard InChI is InChI=1S/C19H16Cl2N2O3/c1-3-26-17-6-4-5-12(18(17)25-2)7-13(11-22)19(24)23-16-9-14(20)8-15(21)10-16/h4-10H,3H2,1-2H3,(H,23,24)/b13-7+. The zero-order valence-electron chi connectivity index (χ0n) is 14.2. The molecule has 2 rings (SSSR count). The Bertz CT molecular complexity index is 869. The van der Waals surface area contributed by atoms with Crippen molar-refractivity contribution in [3.8, 4) is 17.6 Å². The third-order valence-corrected chi connectivity index (χ3v) is 3.74. The fraction of sp³-hybridized carbons (Fsp3) is 0.158. The number of hydrogen-bond acceptors (Lipinski definition) is 4. The van der Waals surface area contributed by atoms with Crippen molar-refractivity contribution >= 4 is 40.9 Å². The Hall–Kier alpha value is -2.68. The molecule has 0 spiro atoms. The van der Waals surface area contributed by atoms with Crippen molar-refractivity contribution in [1.82, 2.24) is 0 Å². The fourth-order valence-electron chi connectivity index (χ4n) is 2.26. The summed E-state index contributed by atoms with van der Waals surface area (Å²) in [6, 6.07) is 11.7. The average Bonchev–Trinajstić information content (AvgIpc) is 2.59. The first-order chi connectivity index (χ1) is 12.5. The normalized spacial score (nSPS) is 10.8. The number of rotatable bonds is 6. The van der Waals surface area contributed by atoms with E-state index >= 15 is 0 Å². The van der Waals surface area contributed by atoms with Crippen LogP contribution in [-0.2, 0) is 4.79 Å². The minimum atomic E-state index is -0.588. The van der Waals surface area contributed by atoms with Gasteiger partial charge in [-0.25, -0.2) is 0 Å². The molecule has 1 N–H and O–H groups in total. The number of halogens is 2. The molecule has 0 saturated heterocycles. The van der Waals surface area contributed by atoms with Gasteiger partial charge >= 0.3 is 0 Å². The third kappa shape index (κ3) is 4.92. The molecule has 2 aromatic carbocycles. The lowest BCUT2D eigenvalue weighted by molar-refractivity contribution is -0.112. The van der Waals surface area contributed by atoms with Crippen LogP contribution in [-0.4, -0.2) is 19.6 Å². The van der Waals surface area contributed by atoms with Gasteiger partial charge in [0.1, 0.15) is 11.6 Å². The van der Waals surface area contributed by atoms with Crippen LogP contribution in [0.3, 0.4) is 0 Å². The second-order valence-electron chi connectivity index (χ2n) is 5.09. The highest BCUT2D eigenvalue weighted by atomic mass is 35.5. The monoisotopic (exact) mass is 390 g/mol. The Balaban J connectivity index is 2.34. The number of carbonyl (C=O) groups is 1. The predicted octanol–water partition coefficient (Wildman–Crippen LogP) is 4.95. The predicted molar refractivity (Wildman–Crippen MR) is 103 cm³/mol. The van der Waals surface area contributed by atoms with Crippen LogP contribution in [0.15, 0.2) is 42.0 Å². The smallest absolute Gasteiger partial charge is 0.266 e. The summed E-state index contributed by atoms with van der Waals surface area (Å²) in [6.45, 7) is 2.32. The van der Waals surface area contributed by atoms with Crippen LogP contribution in [0.2, 0.25) is 10.0 Å². The van der Waals surface area contributed by atoms with E-state index in [1.165, 1.54) is 25.3 Å². The topological polar surface area (TPSA) is 71.3 Å². The third-order valence-electron chi connectivity index (χ3n) is 3.30. The van der Waals surface area contributed by atoms with Gasteiger partial charge in [-0.1, -0.05) is 35.3 Å². The van der Waals surface area contributed by atoms with E-state index in [1.807, 2.05) is 13.0 Å². The Kier molecular flexibility index (Phi) is 6.90. The molecule has 0 fully saturated rings. The lowest BCUT2D eigenvalue weighted by Gasteiger charge is -2.12. The summed E-state index contributed by atoms with van der Waals surface area (Å²) >= 11 is 11.8. The Morgan fingerprint density at radius 3 is 2.54 bits per heavy atom. The van der Waals surface area contributed by atoms with Gasteiger partial charge in [-0.05, 0) is 37.3 Å². The number of nitriles is 1. The molecule has 0 atom stereocenters. The van der Waals surface area contributed by atoms with E-state index in [4.69, 9.17) is 32.7 Å². The van der Waals surface area contributed by atoms with Gasteiger partial charge < -0.3 is 14.8 Å². The number of benzene rings is 2. The van der Waals surface area contributed by atoms with Crippen molar-refractivity contribution in [3.05, 3.63) is 57.6 Å². The van der Waals surface area contributed by atoms with Crippen LogP contribution in [0.25, 0.3) is 6.08 Å². The van der Waals surface area contributed by atoms with E-state index in [9.17, 15) is 10.1 Å². The van der Waals surface area contributed by atoms with E-state index in [0.29, 0.717) is 39.4 Å². The largest absolute Gasteiger partial charge is 0.492 e. The number of amides is 1. The first-order valence-electron chi connectivity index (χ1n) is 7.67. The zero-order chi connectivity index (χ0) is 19.1. The molecule has 0 heterocycles. The number of nitrogens with one attached hydrogen (secondary N) is 1. The summed E-state index contributed by atoms with van der Waals surface area (Å²) in [7, 11) is 1.50. The summed E-state index contributed by atoms with van der Waals surface area (Å²) in [5, 5.41) is 12.7. The van der Waals surface area contributed by atoms with Gasteiger partial charge in [0.05, 0.1) is 13.7 Å². The highest BCUT2D eigenvalue weighted by Gasteiger charge is 2.14. The average molecular weight is 391 g/mol. The number of anilines is 1. The van der Waals surface area contributed by atoms with E-state index in [1.54, 1.807) is 24.3 Å². The van der Waals surface area contributed by atoms with E-state index in [2.05, 4.69) is 5.32 Å². The van der Waals surface area contributed by atoms with E-state index in [0.717, 1.165) is 0 Å². The van der Waals surface area contributed by atoms with Crippen molar-refractivity contribution in [2.45, 2.75) is 6.92 Å². The molecule has 2 aromatic rings. The van der Waals surface area contributed by atoms with Gasteiger partial charge in [-0.2, -0.15) is 5.26 Å². The van der Waals surface area contributed by atoms with Crippen molar-refractivity contribution < 1.29 is 14.3 Å². The Labute approximate surface area is 161 Å². The SMILES string of the molecule is CCOc1cccc(/C=C(\C#N)C(=O)Nc2cc(Cl)cc(Cl)c2)c1OC. The van der Waals surface area contributed by atoms with Crippen LogP contribution in [0, 0.1) is 11.3 Å². The second-order valence-corrected chi connectivity index (χ2v) is 5.97. The first kappa shape index (κ1) is 19.6. The molecule has 0 aromatic heterocycles. The van der Waals surface area contributed by atoms with Gasteiger partial charge in [0.15, 0.2) is 11.5 Å². The quantitative estimate of drug-likeness (QED) is 0.559. The van der Waals surface area contributed by atoms with Crippen LogP contribution in [0.1, 0.15) is 12.5 Å². The summed E-state index contributed by atoms with van der Waals surface area (Å²) < 4.78 is 10.9. The summed E-state index contributed by atoms with van der Waals surface area (Å²) in [5.74, 6) is 0.387. The number of ether oxygens (including phenoxy) is 2. The molecule has 7 heteroatoms. The molecule has 1 amide bonds. The molecule has 0 unspecified atom stereocenters. The minimum absolute atomic E-state index is 0.104. The van der Waals surface area contributed by atoms with E-state index in [-0.39, 0.29) is 5.57 Å². The molecule has 0 aliphatic carbocycles. The Morgan fingerprint density at radius 2 is 1.96 bits per heavy atom. The second kappa shape index (κ2) is 9.14. The van der Waals surface area contributed by atoms with Gasteiger partial charge in [0, 0.05) is 21.3 Å². The highest BCUT2D eigenvalue weighted by Crippen LogP contribution is 2.32. The van der Waals surface area contributed by atoms with Gasteiger partial charge in [0.2, 0.25) is 0 Å². The molecule has 0 radical (unpaired) electrons. The summed E-state index contributed by atoms with van der Waals surface area (Å²) in [6.07, 6.45) is 1.43. The van der Waals surface area contributed by atoms with Gasteiger partial charge in [-0.3, -0.25) is 4.79 Å². The highest BCUT2D eigenvalue weighted by molar-refractivity contribution is 6.35. The maximum atomic E-state index is 12.4. The maximum absolute atomic E-state index is 12.4. The van der Waals surface area contributed by atoms with Crippen molar-refractivity contribution in [2.24, 2.45) is 0 Å². The number of methoxy groups -OCH3 is 1. The number of hydrogen-bond donors (Lipinski definition) is 1. The lowest BCUT2D eigenvalue weighted by Crippen LogP contribution is -2.13. The van der Waals surface area contributed by atoms with Gasteiger partial charge in [-0.15, -0.1) is 0 Å². The summed E-state index contributed by atoms with van der Waals surface area (Å²) in [5.41, 5.74) is 0.839. The molecular weight excluding hydrogens is 375 g/mol. The molecule has 134 valence electrons. The van der Waals surface area contributed by atoms with Crippen LogP contribution < -0.4 is 14.8 Å². The van der Waals surface area contributed by atoms with Crippen molar-refractivity contribution in [2.75, 3.05) is 19.0 Å². The van der Waals surface area contributed by atoms with Crippen molar-refractivity contribution in [1.29, 1.82) is 5.26 Å². The van der Waals surface area contributed by atoms with E-state index < -0.39 is 5.91 Å². The maximum Gasteiger partial charge on any atom is 0.266 e. The van der Waals surface area contributed by atoms with Crippen molar-refractivity contribution in [3.63, 3.8) is 0 Å². The van der Waals surface area contributed by atoms with Crippen LogP contribution in [0.4, 0.5) is 5.69 Å². The minimum Gasteiger partial charge on any atom is -0.492 e. The molecule has 0 aliphatic heterocycles. The molecule has 5 nitrogen and oxygen atoms in total. The van der Waals surface area contributed by atoms with Crippen LogP contribution in [0.5, 0.6) is 11.5 Å². The molecule has 0 bridgehead atoms. The lowest BCUT2D eigenvalue weighted by atomic mass is 10.1. The molecule has 0 saturated carbocycles. The Morgan fingerprint density at radius 1 is 1.27 bits per heavy atom. The van der Waals surface area contributed by atoms with Gasteiger partial charge in [0.25, 0.3) is 5.91 Å². The molecular formula is C19H16Cl2N2O3. The summed E-state index contributed by atoms with van der Waals surface area (Å²) in [4.78, 5) is 12.4.